The third-order valence-corrected chi connectivity index (χ3v) is 5.02. The number of carbonyl (C=O) groups excluding carboxylic acids is 2. The molecule has 0 aliphatic carbocycles. The van der Waals surface area contributed by atoms with Crippen LogP contribution in [0.5, 0.6) is 5.75 Å². The molecule has 6 heteroatoms. The minimum Gasteiger partial charge on any atom is -0.497 e. The van der Waals surface area contributed by atoms with Crippen LogP contribution in [0.3, 0.4) is 0 Å². The van der Waals surface area contributed by atoms with Crippen molar-refractivity contribution >= 4 is 22.7 Å². The van der Waals surface area contributed by atoms with Crippen molar-refractivity contribution in [3.05, 3.63) is 24.0 Å². The van der Waals surface area contributed by atoms with Crippen molar-refractivity contribution in [2.45, 2.75) is 58.9 Å². The van der Waals surface area contributed by atoms with E-state index < -0.39 is 11.4 Å². The monoisotopic (exact) mass is 359 g/mol. The summed E-state index contributed by atoms with van der Waals surface area (Å²) < 4.78 is 7.11. The third-order valence-electron chi connectivity index (χ3n) is 5.02. The highest BCUT2D eigenvalue weighted by Crippen LogP contribution is 2.35. The summed E-state index contributed by atoms with van der Waals surface area (Å²) in [5, 5.41) is 0. The number of unbranched alkanes of at least 4 members (excludes halogenated alkanes) is 1. The molecule has 2 aromatic rings. The summed E-state index contributed by atoms with van der Waals surface area (Å²) in [6, 6.07) is 5.43. The number of hydrogen-bond acceptors (Lipinski definition) is 4. The van der Waals surface area contributed by atoms with Crippen molar-refractivity contribution < 1.29 is 14.3 Å². The number of Topliss-reactive ketones (excluding diaryl/α,β-unsaturated/α-hetero) is 1. The number of primary amides is 1. The highest BCUT2D eigenvalue weighted by atomic mass is 16.5. The van der Waals surface area contributed by atoms with Gasteiger partial charge in [-0.3, -0.25) is 9.59 Å². The van der Waals surface area contributed by atoms with Gasteiger partial charge in [-0.2, -0.15) is 0 Å². The van der Waals surface area contributed by atoms with Gasteiger partial charge in [-0.1, -0.05) is 40.5 Å². The number of imidazole rings is 1. The summed E-state index contributed by atoms with van der Waals surface area (Å²) in [5.74, 6) is 0.164. The van der Waals surface area contributed by atoms with Crippen LogP contribution in [0.25, 0.3) is 11.0 Å². The Kier molecular flexibility index (Phi) is 6.05. The number of hydrogen-bond donors (Lipinski definition) is 1. The molecule has 0 aliphatic rings. The Hall–Kier alpha value is -2.37. The van der Waals surface area contributed by atoms with Gasteiger partial charge < -0.3 is 15.0 Å². The molecule has 1 aromatic carbocycles. The van der Waals surface area contributed by atoms with Crippen LogP contribution in [0.2, 0.25) is 0 Å². The van der Waals surface area contributed by atoms with Gasteiger partial charge in [0, 0.05) is 12.0 Å². The van der Waals surface area contributed by atoms with Gasteiger partial charge in [0.05, 0.1) is 18.1 Å². The van der Waals surface area contributed by atoms with E-state index in [4.69, 9.17) is 10.5 Å². The number of fused-ring (bicyclic) bond motifs is 1. The van der Waals surface area contributed by atoms with Gasteiger partial charge in [0.25, 0.3) is 0 Å². The topological polar surface area (TPSA) is 87.2 Å². The number of benzene rings is 1. The second-order valence-corrected chi connectivity index (χ2v) is 7.00. The molecular weight excluding hydrogens is 330 g/mol. The number of aromatic nitrogens is 2. The zero-order valence-corrected chi connectivity index (χ0v) is 16.3. The second kappa shape index (κ2) is 7.89. The minimum atomic E-state index is -0.989. The van der Waals surface area contributed by atoms with E-state index >= 15 is 0 Å². The molecule has 26 heavy (non-hydrogen) atoms. The zero-order chi connectivity index (χ0) is 19.5. The normalized spacial score (nSPS) is 13.8. The summed E-state index contributed by atoms with van der Waals surface area (Å²) in [5.41, 5.74) is 6.26. The van der Waals surface area contributed by atoms with Gasteiger partial charge in [0.15, 0.2) is 5.82 Å². The molecule has 0 spiro atoms. The van der Waals surface area contributed by atoms with Crippen molar-refractivity contribution in [1.82, 2.24) is 9.55 Å². The maximum atomic E-state index is 12.9. The molecule has 6 nitrogen and oxygen atoms in total. The van der Waals surface area contributed by atoms with Crippen LogP contribution in [0, 0.1) is 5.92 Å². The second-order valence-electron chi connectivity index (χ2n) is 7.00. The zero-order valence-electron chi connectivity index (χ0n) is 16.3. The summed E-state index contributed by atoms with van der Waals surface area (Å²) in [7, 11) is 1.58. The van der Waals surface area contributed by atoms with E-state index in [1.165, 1.54) is 0 Å². The Morgan fingerprint density at radius 3 is 2.50 bits per heavy atom. The molecule has 1 amide bonds. The quantitative estimate of drug-likeness (QED) is 0.692. The SMILES string of the molecule is CCCCC(CC)(C(N)=O)n1c(C(=O)C(C)C)nc2ccc(OC)cc21. The highest BCUT2D eigenvalue weighted by molar-refractivity contribution is 5.99. The van der Waals surface area contributed by atoms with Crippen molar-refractivity contribution in [3.8, 4) is 5.75 Å². The number of amides is 1. The fourth-order valence-electron chi connectivity index (χ4n) is 3.36. The Morgan fingerprint density at radius 2 is 2.00 bits per heavy atom. The first-order chi connectivity index (χ1) is 12.3. The number of rotatable bonds is 9. The standard InChI is InChI=1S/C20H29N3O3/c1-6-8-11-20(7-2,19(21)25)23-16-12-14(26-5)9-10-15(16)22-18(23)17(24)13(3)4/h9-10,12-13H,6-8,11H2,1-5H3,(H2,21,25). The van der Waals surface area contributed by atoms with Gasteiger partial charge in [0.2, 0.25) is 11.7 Å². The lowest BCUT2D eigenvalue weighted by Gasteiger charge is -2.33. The molecule has 2 rings (SSSR count). The van der Waals surface area contributed by atoms with Crippen LogP contribution < -0.4 is 10.5 Å². The van der Waals surface area contributed by atoms with Crippen LogP contribution in [-0.4, -0.2) is 28.4 Å². The number of carbonyl (C=O) groups is 2. The van der Waals surface area contributed by atoms with E-state index in [2.05, 4.69) is 11.9 Å². The summed E-state index contributed by atoms with van der Waals surface area (Å²) in [4.78, 5) is 30.1. The van der Waals surface area contributed by atoms with E-state index in [-0.39, 0.29) is 11.7 Å². The number of nitrogens with zero attached hydrogens (tertiary/aromatic N) is 2. The van der Waals surface area contributed by atoms with E-state index in [9.17, 15) is 9.59 Å². The van der Waals surface area contributed by atoms with Crippen molar-refractivity contribution in [2.75, 3.05) is 7.11 Å². The van der Waals surface area contributed by atoms with E-state index in [0.29, 0.717) is 35.4 Å². The molecule has 1 unspecified atom stereocenters. The first kappa shape index (κ1) is 19.9. The molecule has 1 heterocycles. The average molecular weight is 359 g/mol. The van der Waals surface area contributed by atoms with E-state index in [1.807, 2.05) is 32.9 Å². The number of nitrogens with two attached hydrogens (primary N) is 1. The molecule has 1 atom stereocenters. The summed E-state index contributed by atoms with van der Waals surface area (Å²) in [6.45, 7) is 7.65. The van der Waals surface area contributed by atoms with Gasteiger partial charge in [0.1, 0.15) is 11.3 Å². The van der Waals surface area contributed by atoms with Crippen molar-refractivity contribution in [3.63, 3.8) is 0 Å². The van der Waals surface area contributed by atoms with E-state index in [0.717, 1.165) is 12.8 Å². The molecule has 0 bridgehead atoms. The number of methoxy groups -OCH3 is 1. The van der Waals surface area contributed by atoms with Gasteiger partial charge in [-0.25, -0.2) is 4.98 Å². The predicted octanol–water partition coefficient (Wildman–Crippen LogP) is 3.66. The molecular formula is C20H29N3O3. The summed E-state index contributed by atoms with van der Waals surface area (Å²) >= 11 is 0. The van der Waals surface area contributed by atoms with Crippen LogP contribution in [0.15, 0.2) is 18.2 Å². The van der Waals surface area contributed by atoms with Crippen molar-refractivity contribution in [1.29, 1.82) is 0 Å². The molecule has 1 aromatic heterocycles. The van der Waals surface area contributed by atoms with Gasteiger partial charge >= 0.3 is 0 Å². The Balaban J connectivity index is 2.87. The fourth-order valence-corrected chi connectivity index (χ4v) is 3.36. The van der Waals surface area contributed by atoms with Gasteiger partial charge in [-0.15, -0.1) is 0 Å². The summed E-state index contributed by atoms with van der Waals surface area (Å²) in [6.07, 6.45) is 2.81. The lowest BCUT2D eigenvalue weighted by atomic mass is 9.87. The van der Waals surface area contributed by atoms with Crippen LogP contribution in [-0.2, 0) is 10.3 Å². The lowest BCUT2D eigenvalue weighted by Crippen LogP contribution is -2.47. The smallest absolute Gasteiger partial charge is 0.243 e. The molecule has 0 saturated heterocycles. The molecule has 0 saturated carbocycles. The Morgan fingerprint density at radius 1 is 1.31 bits per heavy atom. The largest absolute Gasteiger partial charge is 0.497 e. The predicted molar refractivity (Wildman–Crippen MR) is 102 cm³/mol. The molecule has 0 fully saturated rings. The van der Waals surface area contributed by atoms with Gasteiger partial charge in [-0.05, 0) is 25.0 Å². The third kappa shape index (κ3) is 3.32. The average Bonchev–Trinajstić information content (AvgIpc) is 3.00. The van der Waals surface area contributed by atoms with Crippen LogP contribution in [0.1, 0.15) is 64.0 Å². The first-order valence-corrected chi connectivity index (χ1v) is 9.23. The fraction of sp³-hybridized carbons (Fsp3) is 0.550. The molecule has 2 N–H and O–H groups in total. The lowest BCUT2D eigenvalue weighted by molar-refractivity contribution is -0.127. The van der Waals surface area contributed by atoms with Crippen LogP contribution in [0.4, 0.5) is 0 Å². The maximum absolute atomic E-state index is 12.9. The Labute approximate surface area is 154 Å². The van der Waals surface area contributed by atoms with Crippen LogP contribution >= 0.6 is 0 Å². The number of ketones is 1. The Bertz CT molecular complexity index is 810. The van der Waals surface area contributed by atoms with Crippen molar-refractivity contribution in [2.24, 2.45) is 11.7 Å². The molecule has 0 radical (unpaired) electrons. The number of ether oxygens (including phenoxy) is 1. The first-order valence-electron chi connectivity index (χ1n) is 9.23. The molecule has 142 valence electrons. The maximum Gasteiger partial charge on any atom is 0.243 e. The molecule has 0 aliphatic heterocycles. The highest BCUT2D eigenvalue weighted by Gasteiger charge is 2.40. The van der Waals surface area contributed by atoms with E-state index in [1.54, 1.807) is 17.7 Å². The minimum absolute atomic E-state index is 0.101.